The fourth-order valence-electron chi connectivity index (χ4n) is 5.61. The third kappa shape index (κ3) is 3.72. The van der Waals surface area contributed by atoms with Crippen LogP contribution in [0.25, 0.3) is 21.5 Å². The average molecular weight is 554 g/mol. The molecule has 10 heteroatoms. The first kappa shape index (κ1) is 23.6. The van der Waals surface area contributed by atoms with Gasteiger partial charge >= 0.3 is 0 Å². The highest BCUT2D eigenvalue weighted by Crippen LogP contribution is 2.53. The molecule has 7 rings (SSSR count). The molecule has 2 saturated carbocycles. The van der Waals surface area contributed by atoms with Crippen LogP contribution in [-0.4, -0.2) is 34.1 Å². The molecule has 3 fully saturated rings. The number of fused-ring (bicyclic) bond motifs is 3. The number of hydrogen-bond donors (Lipinski definition) is 1. The summed E-state index contributed by atoms with van der Waals surface area (Å²) in [5.74, 6) is 0.868. The van der Waals surface area contributed by atoms with Crippen LogP contribution in [0.3, 0.4) is 0 Å². The molecule has 7 nitrogen and oxygen atoms in total. The molecule has 3 aliphatic rings. The Labute approximate surface area is 226 Å². The van der Waals surface area contributed by atoms with Crippen molar-refractivity contribution in [3.8, 4) is 17.3 Å². The minimum atomic E-state index is -1.25. The predicted molar refractivity (Wildman–Crippen MR) is 139 cm³/mol. The second-order valence-corrected chi connectivity index (χ2v) is 11.7. The van der Waals surface area contributed by atoms with Gasteiger partial charge in [-0.1, -0.05) is 34.4 Å². The van der Waals surface area contributed by atoms with Crippen LogP contribution < -0.4 is 0 Å². The van der Waals surface area contributed by atoms with Crippen molar-refractivity contribution in [1.29, 1.82) is 5.26 Å². The summed E-state index contributed by atoms with van der Waals surface area (Å²) >= 11 is 14.4. The molecule has 2 aromatic carbocycles. The molecule has 0 spiro atoms. The van der Waals surface area contributed by atoms with Crippen molar-refractivity contribution in [1.82, 2.24) is 10.1 Å². The normalized spacial score (nSPS) is 26.7. The van der Waals surface area contributed by atoms with Crippen molar-refractivity contribution in [3.05, 3.63) is 68.3 Å². The number of nitriles is 1. The molecule has 2 bridgehead atoms. The Kier molecular flexibility index (Phi) is 5.59. The van der Waals surface area contributed by atoms with Gasteiger partial charge < -0.3 is 19.1 Å². The molecule has 1 aliphatic heterocycles. The molecular weight excluding hydrogens is 533 g/mol. The zero-order valence-electron chi connectivity index (χ0n) is 19.5. The highest BCUT2D eigenvalue weighted by molar-refractivity contribution is 7.18. The number of thiazole rings is 1. The lowest BCUT2D eigenvalue weighted by Crippen LogP contribution is -2.36. The quantitative estimate of drug-likeness (QED) is 0.303. The Morgan fingerprint density at radius 2 is 2.03 bits per heavy atom. The Hall–Kier alpha value is -2.51. The molecule has 0 radical (unpaired) electrons. The van der Waals surface area contributed by atoms with Crippen molar-refractivity contribution in [2.24, 2.45) is 5.92 Å². The van der Waals surface area contributed by atoms with Crippen molar-refractivity contribution < 1.29 is 19.1 Å². The topological polar surface area (TPSA) is 101 Å². The summed E-state index contributed by atoms with van der Waals surface area (Å²) in [7, 11) is 0. The maximum atomic E-state index is 11.9. The van der Waals surface area contributed by atoms with Crippen molar-refractivity contribution in [2.75, 3.05) is 6.61 Å². The lowest BCUT2D eigenvalue weighted by atomic mass is 9.92. The maximum Gasteiger partial charge on any atom is 0.149 e. The summed E-state index contributed by atoms with van der Waals surface area (Å²) in [6.45, 7) is 0.648. The van der Waals surface area contributed by atoms with Crippen LogP contribution in [0.1, 0.15) is 47.1 Å². The smallest absolute Gasteiger partial charge is 0.149 e. The molecule has 3 heterocycles. The van der Waals surface area contributed by atoms with Crippen LogP contribution in [0.15, 0.2) is 40.9 Å². The van der Waals surface area contributed by atoms with E-state index < -0.39 is 11.7 Å². The molecule has 2 aliphatic carbocycles. The Morgan fingerprint density at radius 3 is 2.78 bits per heavy atom. The van der Waals surface area contributed by atoms with E-state index in [-0.39, 0.29) is 18.6 Å². The van der Waals surface area contributed by atoms with Crippen LogP contribution >= 0.6 is 34.5 Å². The Bertz CT molecular complexity index is 1560. The fraction of sp³-hybridized carbons (Fsp3) is 0.370. The summed E-state index contributed by atoms with van der Waals surface area (Å²) in [5.41, 5.74) is 2.18. The number of rotatable bonds is 6. The van der Waals surface area contributed by atoms with Gasteiger partial charge in [0.2, 0.25) is 0 Å². The molecule has 4 atom stereocenters. The van der Waals surface area contributed by atoms with Gasteiger partial charge in [0.1, 0.15) is 22.1 Å². The summed E-state index contributed by atoms with van der Waals surface area (Å²) in [6, 6.07) is 12.9. The number of aromatic nitrogens is 2. The molecule has 1 saturated heterocycles. The molecule has 2 aromatic heterocycles. The minimum absolute atomic E-state index is 0.234. The first-order valence-corrected chi connectivity index (χ1v) is 13.7. The van der Waals surface area contributed by atoms with E-state index in [0.29, 0.717) is 50.8 Å². The standard InChI is InChI=1S/C27H21Cl2N3O4S/c28-17-2-1-3-18(29)23(17)24-15(25(36-32-24)14-5-6-14)11-34-20-9-22-27(33,16(20)12-35-22)26-31-19-7-4-13(10-30)8-21(19)37-26/h1-4,7-8,14,16,20,22,33H,5-6,9,11-12H2. The van der Waals surface area contributed by atoms with E-state index in [1.165, 1.54) is 11.3 Å². The van der Waals surface area contributed by atoms with E-state index in [9.17, 15) is 10.4 Å². The highest BCUT2D eigenvalue weighted by Gasteiger charge is 2.63. The highest BCUT2D eigenvalue weighted by atomic mass is 35.5. The number of hydrogen-bond acceptors (Lipinski definition) is 8. The van der Waals surface area contributed by atoms with Gasteiger partial charge in [0.05, 0.1) is 57.3 Å². The molecule has 188 valence electrons. The summed E-state index contributed by atoms with van der Waals surface area (Å²) in [5, 5.41) is 27.1. The van der Waals surface area contributed by atoms with Gasteiger partial charge in [0.15, 0.2) is 0 Å². The van der Waals surface area contributed by atoms with Crippen LogP contribution in [0.2, 0.25) is 10.0 Å². The van der Waals surface area contributed by atoms with Gasteiger partial charge in [0.25, 0.3) is 0 Å². The first-order valence-electron chi connectivity index (χ1n) is 12.2. The third-order valence-electron chi connectivity index (χ3n) is 7.70. The number of aliphatic hydroxyl groups is 1. The zero-order valence-corrected chi connectivity index (χ0v) is 21.8. The molecule has 37 heavy (non-hydrogen) atoms. The van der Waals surface area contributed by atoms with Gasteiger partial charge in [-0.15, -0.1) is 11.3 Å². The van der Waals surface area contributed by atoms with E-state index in [4.69, 9.17) is 42.2 Å². The predicted octanol–water partition coefficient (Wildman–Crippen LogP) is 6.20. The van der Waals surface area contributed by atoms with E-state index in [1.807, 2.05) is 6.07 Å². The monoisotopic (exact) mass is 553 g/mol. The van der Waals surface area contributed by atoms with E-state index in [0.717, 1.165) is 34.4 Å². The lowest BCUT2D eigenvalue weighted by Gasteiger charge is -2.25. The molecule has 0 amide bonds. The van der Waals surface area contributed by atoms with E-state index in [1.54, 1.807) is 30.3 Å². The number of ether oxygens (including phenoxy) is 2. The van der Waals surface area contributed by atoms with Crippen LogP contribution in [-0.2, 0) is 21.7 Å². The second-order valence-electron chi connectivity index (χ2n) is 9.90. The van der Waals surface area contributed by atoms with Crippen molar-refractivity contribution in [2.45, 2.75) is 49.6 Å². The van der Waals surface area contributed by atoms with Gasteiger partial charge in [-0.25, -0.2) is 4.98 Å². The van der Waals surface area contributed by atoms with Crippen LogP contribution in [0.5, 0.6) is 0 Å². The zero-order chi connectivity index (χ0) is 25.3. The summed E-state index contributed by atoms with van der Waals surface area (Å²) in [4.78, 5) is 4.72. The first-order chi connectivity index (χ1) is 18.0. The van der Waals surface area contributed by atoms with Crippen molar-refractivity contribution >= 4 is 44.8 Å². The largest absolute Gasteiger partial charge is 0.379 e. The van der Waals surface area contributed by atoms with E-state index in [2.05, 4.69) is 11.2 Å². The van der Waals surface area contributed by atoms with Gasteiger partial charge in [-0.2, -0.15) is 5.26 Å². The lowest BCUT2D eigenvalue weighted by molar-refractivity contribution is -0.0467. The SMILES string of the molecule is N#Cc1ccc2nc(C3(O)C4CC(OCc5c(-c6c(Cl)cccc6Cl)noc5C5CC5)C3CO4)sc2c1. The number of halogens is 2. The summed E-state index contributed by atoms with van der Waals surface area (Å²) < 4.78 is 19.1. The van der Waals surface area contributed by atoms with Gasteiger partial charge in [0, 0.05) is 29.4 Å². The third-order valence-corrected chi connectivity index (χ3v) is 9.48. The minimum Gasteiger partial charge on any atom is -0.379 e. The molecule has 1 N–H and O–H groups in total. The fourth-order valence-corrected chi connectivity index (χ4v) is 7.39. The van der Waals surface area contributed by atoms with Gasteiger partial charge in [-0.05, 0) is 43.2 Å². The number of benzene rings is 2. The Morgan fingerprint density at radius 1 is 1.22 bits per heavy atom. The van der Waals surface area contributed by atoms with Gasteiger partial charge in [-0.3, -0.25) is 0 Å². The molecular formula is C27H21Cl2N3O4S. The maximum absolute atomic E-state index is 11.9. The molecule has 4 aromatic rings. The summed E-state index contributed by atoms with van der Waals surface area (Å²) in [6.07, 6.45) is 1.99. The van der Waals surface area contributed by atoms with E-state index >= 15 is 0 Å². The Balaban J connectivity index is 1.18. The molecule has 4 unspecified atom stereocenters. The second kappa shape index (κ2) is 8.77. The van der Waals surface area contributed by atoms with Crippen LogP contribution in [0, 0.1) is 17.2 Å². The van der Waals surface area contributed by atoms with Crippen LogP contribution in [0.4, 0.5) is 0 Å². The number of nitrogens with zero attached hydrogens (tertiary/aromatic N) is 3. The average Bonchev–Trinajstić information content (AvgIpc) is 3.26. The van der Waals surface area contributed by atoms with Crippen molar-refractivity contribution in [3.63, 3.8) is 0 Å².